The number of hydrogen-bond donors (Lipinski definition) is 3. The van der Waals surface area contributed by atoms with Crippen LogP contribution in [0.3, 0.4) is 0 Å². The summed E-state index contributed by atoms with van der Waals surface area (Å²) in [6.07, 6.45) is 1.23. The van der Waals surface area contributed by atoms with E-state index in [4.69, 9.17) is 10.9 Å². The molecule has 1 aromatic rings. The molecule has 2 rings (SSSR count). The fourth-order valence-corrected chi connectivity index (χ4v) is 4.58. The Morgan fingerprint density at radius 3 is 2.04 bits per heavy atom. The van der Waals surface area contributed by atoms with E-state index in [0.29, 0.717) is 18.4 Å². The van der Waals surface area contributed by atoms with E-state index in [1.807, 2.05) is 27.7 Å². The predicted molar refractivity (Wildman–Crippen MR) is 102 cm³/mol. The molecule has 9 heteroatoms. The first-order chi connectivity index (χ1) is 12.2. The quantitative estimate of drug-likeness (QED) is 0.638. The predicted octanol–water partition coefficient (Wildman–Crippen LogP) is 0.457. The van der Waals surface area contributed by atoms with Gasteiger partial charge in [-0.3, -0.25) is 9.59 Å². The number of likely N-dealkylation sites (tertiary alicyclic amines) is 1. The van der Waals surface area contributed by atoms with Crippen molar-refractivity contribution in [1.29, 1.82) is 0 Å². The van der Waals surface area contributed by atoms with Gasteiger partial charge >= 0.3 is 11.8 Å². The molecule has 0 bridgehead atoms. The molecule has 0 aliphatic carbocycles. The average Bonchev–Trinajstić information content (AvgIpc) is 2.49. The molecule has 150 valence electrons. The Bertz CT molecular complexity index is 813. The van der Waals surface area contributed by atoms with Gasteiger partial charge in [-0.15, -0.1) is 0 Å². The molecule has 0 unspecified atom stereocenters. The van der Waals surface area contributed by atoms with E-state index >= 15 is 0 Å². The van der Waals surface area contributed by atoms with Gasteiger partial charge in [0.1, 0.15) is 0 Å². The summed E-state index contributed by atoms with van der Waals surface area (Å²) in [7, 11) is -3.77. The van der Waals surface area contributed by atoms with Crippen LogP contribution in [0.5, 0.6) is 0 Å². The highest BCUT2D eigenvalue weighted by molar-refractivity contribution is 7.89. The van der Waals surface area contributed by atoms with Crippen LogP contribution in [0.15, 0.2) is 29.2 Å². The summed E-state index contributed by atoms with van der Waals surface area (Å²) in [5, 5.41) is 7.65. The smallest absolute Gasteiger partial charge is 0.312 e. The van der Waals surface area contributed by atoms with Crippen molar-refractivity contribution in [3.63, 3.8) is 0 Å². The first-order valence-corrected chi connectivity index (χ1v) is 10.3. The van der Waals surface area contributed by atoms with Gasteiger partial charge in [0.2, 0.25) is 10.0 Å². The summed E-state index contributed by atoms with van der Waals surface area (Å²) >= 11 is 0. The number of nitrogens with one attached hydrogen (secondary N) is 1. The lowest BCUT2D eigenvalue weighted by Crippen LogP contribution is -2.67. The Balaban J connectivity index is 2.08. The Morgan fingerprint density at radius 1 is 1.11 bits per heavy atom. The second-order valence-corrected chi connectivity index (χ2v) is 9.87. The van der Waals surface area contributed by atoms with Crippen LogP contribution in [0.2, 0.25) is 0 Å². The minimum atomic E-state index is -3.77. The number of primary sulfonamides is 1. The molecule has 2 amide bonds. The lowest BCUT2D eigenvalue weighted by Gasteiger charge is -2.54. The molecule has 0 saturated carbocycles. The van der Waals surface area contributed by atoms with Gasteiger partial charge in [-0.05, 0) is 58.2 Å². The fraction of sp³-hybridized carbons (Fsp3) is 0.556. The van der Waals surface area contributed by atoms with Crippen LogP contribution in [0.25, 0.3) is 0 Å². The van der Waals surface area contributed by atoms with E-state index in [1.165, 1.54) is 24.3 Å². The van der Waals surface area contributed by atoms with Crippen LogP contribution in [0.4, 0.5) is 0 Å². The summed E-state index contributed by atoms with van der Waals surface area (Å²) < 4.78 is 22.5. The van der Waals surface area contributed by atoms with E-state index < -0.39 is 32.9 Å². The molecular weight excluding hydrogens is 368 g/mol. The number of carbonyl (C=O) groups is 2. The highest BCUT2D eigenvalue weighted by Gasteiger charge is 2.48. The molecule has 1 saturated heterocycles. The van der Waals surface area contributed by atoms with Crippen molar-refractivity contribution in [3.8, 4) is 0 Å². The van der Waals surface area contributed by atoms with E-state index in [9.17, 15) is 18.0 Å². The molecule has 0 aromatic heterocycles. The Labute approximate surface area is 160 Å². The van der Waals surface area contributed by atoms with Gasteiger partial charge in [-0.1, -0.05) is 12.1 Å². The van der Waals surface area contributed by atoms with Crippen LogP contribution < -0.4 is 16.2 Å². The third-order valence-electron chi connectivity index (χ3n) is 4.84. The lowest BCUT2D eigenvalue weighted by atomic mass is 9.77. The maximum atomic E-state index is 12.8. The van der Waals surface area contributed by atoms with Crippen LogP contribution in [0.1, 0.15) is 46.1 Å². The van der Waals surface area contributed by atoms with Crippen molar-refractivity contribution in [2.75, 3.05) is 0 Å². The molecular formula is C18H28N4O4S. The minimum absolute atomic E-state index is 0.0122. The number of rotatable bonds is 3. The number of piperidine rings is 1. The normalized spacial score (nSPS) is 19.6. The number of amides is 2. The van der Waals surface area contributed by atoms with E-state index in [1.54, 1.807) is 4.90 Å². The summed E-state index contributed by atoms with van der Waals surface area (Å²) in [6, 6.07) is 5.77. The molecule has 1 fully saturated rings. The Hall–Kier alpha value is -1.97. The maximum absolute atomic E-state index is 12.8. The fourth-order valence-electron chi connectivity index (χ4n) is 4.06. The lowest BCUT2D eigenvalue weighted by molar-refractivity contribution is -0.159. The molecule has 0 radical (unpaired) electrons. The zero-order chi connectivity index (χ0) is 20.6. The number of hydrogen-bond acceptors (Lipinski definition) is 5. The van der Waals surface area contributed by atoms with Crippen LogP contribution in [-0.4, -0.2) is 42.3 Å². The van der Waals surface area contributed by atoms with Crippen LogP contribution in [-0.2, 0) is 26.2 Å². The van der Waals surface area contributed by atoms with Gasteiger partial charge in [0.15, 0.2) is 0 Å². The van der Waals surface area contributed by atoms with Gasteiger partial charge < -0.3 is 16.0 Å². The summed E-state index contributed by atoms with van der Waals surface area (Å²) in [5.41, 5.74) is 5.70. The van der Waals surface area contributed by atoms with Crippen LogP contribution in [0, 0.1) is 0 Å². The molecule has 1 heterocycles. The van der Waals surface area contributed by atoms with Crippen molar-refractivity contribution < 1.29 is 18.0 Å². The second kappa shape index (κ2) is 7.21. The van der Waals surface area contributed by atoms with Gasteiger partial charge in [0.25, 0.3) is 0 Å². The first-order valence-electron chi connectivity index (χ1n) is 8.74. The zero-order valence-corrected chi connectivity index (χ0v) is 17.0. The molecule has 1 aliphatic rings. The molecule has 8 nitrogen and oxygen atoms in total. The van der Waals surface area contributed by atoms with Gasteiger partial charge in [-0.2, -0.15) is 0 Å². The van der Waals surface area contributed by atoms with E-state index in [2.05, 4.69) is 5.32 Å². The summed E-state index contributed by atoms with van der Waals surface area (Å²) in [6.45, 7) is 7.73. The Kier molecular flexibility index (Phi) is 5.70. The highest BCUT2D eigenvalue weighted by atomic mass is 32.2. The van der Waals surface area contributed by atoms with Crippen molar-refractivity contribution in [2.45, 2.75) is 69.1 Å². The van der Waals surface area contributed by atoms with Crippen molar-refractivity contribution in [2.24, 2.45) is 10.9 Å². The number of sulfonamides is 1. The standard InChI is InChI=1S/C18H28N4O4S/c1-17(2)9-13(19)10-18(3,4)22(17)16(24)15(23)21-11-12-5-7-14(8-6-12)27(20,25)26/h5-8,13H,9-11,19H2,1-4H3,(H,21,23)(H2,20,25,26). The average molecular weight is 397 g/mol. The highest BCUT2D eigenvalue weighted by Crippen LogP contribution is 2.37. The molecule has 5 N–H and O–H groups in total. The number of benzene rings is 1. The molecule has 1 aromatic carbocycles. The third-order valence-corrected chi connectivity index (χ3v) is 5.77. The molecule has 0 spiro atoms. The van der Waals surface area contributed by atoms with Crippen molar-refractivity contribution in [1.82, 2.24) is 10.2 Å². The van der Waals surface area contributed by atoms with Crippen LogP contribution >= 0.6 is 0 Å². The minimum Gasteiger partial charge on any atom is -0.344 e. The number of nitrogens with two attached hydrogens (primary N) is 2. The van der Waals surface area contributed by atoms with Gasteiger partial charge in [0.05, 0.1) is 4.90 Å². The number of nitrogens with zero attached hydrogens (tertiary/aromatic N) is 1. The molecule has 0 atom stereocenters. The van der Waals surface area contributed by atoms with Gasteiger partial charge in [0, 0.05) is 23.7 Å². The topological polar surface area (TPSA) is 136 Å². The summed E-state index contributed by atoms with van der Waals surface area (Å²) in [5.74, 6) is -1.31. The number of carbonyl (C=O) groups excluding carboxylic acids is 2. The van der Waals surface area contributed by atoms with E-state index in [0.717, 1.165) is 0 Å². The largest absolute Gasteiger partial charge is 0.344 e. The van der Waals surface area contributed by atoms with Crippen molar-refractivity contribution in [3.05, 3.63) is 29.8 Å². The third kappa shape index (κ3) is 4.85. The SMILES string of the molecule is CC1(C)CC(N)CC(C)(C)N1C(=O)C(=O)NCc1ccc(S(N)(=O)=O)cc1. The monoisotopic (exact) mass is 396 g/mol. The zero-order valence-electron chi connectivity index (χ0n) is 16.2. The molecule has 27 heavy (non-hydrogen) atoms. The Morgan fingerprint density at radius 2 is 1.59 bits per heavy atom. The first kappa shape index (κ1) is 21.3. The van der Waals surface area contributed by atoms with Crippen molar-refractivity contribution >= 4 is 21.8 Å². The maximum Gasteiger partial charge on any atom is 0.312 e. The summed E-state index contributed by atoms with van der Waals surface area (Å²) in [4.78, 5) is 26.9. The van der Waals surface area contributed by atoms with Gasteiger partial charge in [-0.25, -0.2) is 13.6 Å². The molecule has 1 aliphatic heterocycles. The van der Waals surface area contributed by atoms with E-state index in [-0.39, 0.29) is 17.5 Å². The second-order valence-electron chi connectivity index (χ2n) is 8.31.